The van der Waals surface area contributed by atoms with Crippen LogP contribution in [-0.2, 0) is 4.79 Å². The Morgan fingerprint density at radius 3 is 2.66 bits per heavy atom. The maximum atomic E-state index is 12.2. The third-order valence-corrected chi connectivity index (χ3v) is 5.32. The van der Waals surface area contributed by atoms with Crippen LogP contribution in [0.15, 0.2) is 58.2 Å². The first-order valence-electron chi connectivity index (χ1n) is 8.84. The molecule has 6 nitrogen and oxygen atoms in total. The topological polar surface area (TPSA) is 77.2 Å². The number of halogens is 2. The van der Waals surface area contributed by atoms with Gasteiger partial charge in [0.25, 0.3) is 11.1 Å². The van der Waals surface area contributed by atoms with Crippen molar-refractivity contribution >= 4 is 40.9 Å². The van der Waals surface area contributed by atoms with Gasteiger partial charge in [-0.2, -0.15) is 0 Å². The summed E-state index contributed by atoms with van der Waals surface area (Å²) in [5.41, 5.74) is 1.04. The van der Waals surface area contributed by atoms with Crippen molar-refractivity contribution in [3.05, 3.63) is 70.0 Å². The number of carbonyl (C=O) groups is 1. The minimum atomic E-state index is -0.512. The Labute approximate surface area is 182 Å². The van der Waals surface area contributed by atoms with E-state index in [1.165, 1.54) is 0 Å². The van der Waals surface area contributed by atoms with Gasteiger partial charge in [-0.25, -0.2) is 0 Å². The molecule has 0 aliphatic carbocycles. The van der Waals surface area contributed by atoms with Crippen LogP contribution >= 0.6 is 35.0 Å². The zero-order valence-corrected chi connectivity index (χ0v) is 18.1. The second kappa shape index (κ2) is 10.0. The van der Waals surface area contributed by atoms with Crippen molar-refractivity contribution in [3.63, 3.8) is 0 Å². The molecule has 0 spiro atoms. The fourth-order valence-corrected chi connectivity index (χ4v) is 3.52. The highest BCUT2D eigenvalue weighted by molar-refractivity contribution is 7.99. The van der Waals surface area contributed by atoms with E-state index in [4.69, 9.17) is 32.4 Å². The van der Waals surface area contributed by atoms with Crippen LogP contribution in [0.3, 0.4) is 0 Å². The summed E-state index contributed by atoms with van der Waals surface area (Å²) in [6, 6.07) is 14.6. The minimum Gasteiger partial charge on any atom is -0.479 e. The maximum absolute atomic E-state index is 12.2. The first-order valence-corrected chi connectivity index (χ1v) is 10.6. The molecular formula is C20H19Cl2N3O3S. The van der Waals surface area contributed by atoms with E-state index in [-0.39, 0.29) is 23.6 Å². The van der Waals surface area contributed by atoms with Gasteiger partial charge in [0.2, 0.25) is 5.91 Å². The number of hydrogen-bond donors (Lipinski definition) is 1. The highest BCUT2D eigenvalue weighted by Gasteiger charge is 2.18. The highest BCUT2D eigenvalue weighted by atomic mass is 35.5. The molecule has 0 saturated heterocycles. The number of amides is 1. The first kappa shape index (κ1) is 21.5. The van der Waals surface area contributed by atoms with E-state index in [1.807, 2.05) is 37.3 Å². The van der Waals surface area contributed by atoms with Gasteiger partial charge in [0.15, 0.2) is 6.10 Å². The van der Waals surface area contributed by atoms with Crippen LogP contribution in [0, 0.1) is 0 Å². The SMILES string of the molecule is C[C@@H](NC(=O)CSc1nnc([C@@H](C)Oc2ccc(Cl)cc2Cl)o1)c1ccccc1. The third-order valence-electron chi connectivity index (χ3n) is 3.97. The van der Waals surface area contributed by atoms with Crippen molar-refractivity contribution in [1.82, 2.24) is 15.5 Å². The van der Waals surface area contributed by atoms with E-state index >= 15 is 0 Å². The molecule has 2 atom stereocenters. The van der Waals surface area contributed by atoms with Gasteiger partial charge in [-0.05, 0) is 37.6 Å². The Kier molecular flexibility index (Phi) is 7.41. The molecule has 0 aliphatic rings. The number of nitrogens with zero attached hydrogens (tertiary/aromatic N) is 2. The predicted molar refractivity (Wildman–Crippen MR) is 114 cm³/mol. The number of hydrogen-bond acceptors (Lipinski definition) is 6. The fraction of sp³-hybridized carbons (Fsp3) is 0.250. The summed E-state index contributed by atoms with van der Waals surface area (Å²) in [4.78, 5) is 12.2. The van der Waals surface area contributed by atoms with E-state index in [0.29, 0.717) is 21.0 Å². The van der Waals surface area contributed by atoms with Crippen LogP contribution in [0.1, 0.15) is 37.4 Å². The number of aromatic nitrogens is 2. The van der Waals surface area contributed by atoms with Crippen molar-refractivity contribution in [2.45, 2.75) is 31.2 Å². The largest absolute Gasteiger partial charge is 0.479 e. The fourth-order valence-electron chi connectivity index (χ4n) is 2.49. The Morgan fingerprint density at radius 1 is 1.17 bits per heavy atom. The number of carbonyl (C=O) groups excluding carboxylic acids is 1. The van der Waals surface area contributed by atoms with Crippen molar-refractivity contribution < 1.29 is 13.9 Å². The Balaban J connectivity index is 1.51. The lowest BCUT2D eigenvalue weighted by Crippen LogP contribution is -2.28. The third kappa shape index (κ3) is 6.13. The first-order chi connectivity index (χ1) is 13.9. The number of benzene rings is 2. The molecule has 29 heavy (non-hydrogen) atoms. The van der Waals surface area contributed by atoms with Gasteiger partial charge < -0.3 is 14.5 Å². The van der Waals surface area contributed by atoms with Crippen molar-refractivity contribution in [2.75, 3.05) is 5.75 Å². The molecule has 2 aromatic carbocycles. The molecule has 1 amide bonds. The van der Waals surface area contributed by atoms with Gasteiger partial charge in [-0.1, -0.05) is 65.3 Å². The smallest absolute Gasteiger partial charge is 0.277 e. The molecule has 152 valence electrons. The lowest BCUT2D eigenvalue weighted by Gasteiger charge is -2.13. The average molecular weight is 452 g/mol. The van der Waals surface area contributed by atoms with E-state index in [0.717, 1.165) is 17.3 Å². The predicted octanol–water partition coefficient (Wildman–Crippen LogP) is 5.49. The van der Waals surface area contributed by atoms with Crippen LogP contribution in [0.4, 0.5) is 0 Å². The van der Waals surface area contributed by atoms with Gasteiger partial charge in [0, 0.05) is 5.02 Å². The molecule has 3 rings (SSSR count). The number of nitrogens with one attached hydrogen (secondary N) is 1. The summed E-state index contributed by atoms with van der Waals surface area (Å²) in [6.07, 6.45) is -0.512. The summed E-state index contributed by atoms with van der Waals surface area (Å²) in [5, 5.41) is 12.1. The van der Waals surface area contributed by atoms with E-state index < -0.39 is 6.10 Å². The molecule has 0 fully saturated rings. The molecule has 0 radical (unpaired) electrons. The molecule has 3 aromatic rings. The zero-order valence-electron chi connectivity index (χ0n) is 15.8. The molecular weight excluding hydrogens is 433 g/mol. The molecule has 0 bridgehead atoms. The van der Waals surface area contributed by atoms with Crippen molar-refractivity contribution in [3.8, 4) is 5.75 Å². The van der Waals surface area contributed by atoms with Gasteiger partial charge in [0.1, 0.15) is 5.75 Å². The van der Waals surface area contributed by atoms with Gasteiger partial charge in [-0.3, -0.25) is 4.79 Å². The Hall–Kier alpha value is -2.22. The second-order valence-electron chi connectivity index (χ2n) is 6.23. The Morgan fingerprint density at radius 2 is 1.93 bits per heavy atom. The monoisotopic (exact) mass is 451 g/mol. The van der Waals surface area contributed by atoms with E-state index in [2.05, 4.69) is 15.5 Å². The van der Waals surface area contributed by atoms with Crippen molar-refractivity contribution in [1.29, 1.82) is 0 Å². The van der Waals surface area contributed by atoms with Crippen LogP contribution < -0.4 is 10.1 Å². The molecule has 0 saturated carbocycles. The summed E-state index contributed by atoms with van der Waals surface area (Å²) >= 11 is 13.2. The molecule has 0 unspecified atom stereocenters. The van der Waals surface area contributed by atoms with Gasteiger partial charge >= 0.3 is 0 Å². The summed E-state index contributed by atoms with van der Waals surface area (Å²) in [5.74, 6) is 0.794. The average Bonchev–Trinajstić information content (AvgIpc) is 3.18. The van der Waals surface area contributed by atoms with Crippen LogP contribution in [0.2, 0.25) is 10.0 Å². The van der Waals surface area contributed by atoms with Crippen LogP contribution in [0.5, 0.6) is 5.75 Å². The zero-order chi connectivity index (χ0) is 20.8. The van der Waals surface area contributed by atoms with Gasteiger partial charge in [0.05, 0.1) is 16.8 Å². The molecule has 1 heterocycles. The summed E-state index contributed by atoms with van der Waals surface area (Å²) in [7, 11) is 0. The molecule has 0 aliphatic heterocycles. The van der Waals surface area contributed by atoms with Crippen LogP contribution in [-0.4, -0.2) is 21.9 Å². The lowest BCUT2D eigenvalue weighted by atomic mass is 10.1. The lowest BCUT2D eigenvalue weighted by molar-refractivity contribution is -0.119. The molecule has 9 heteroatoms. The number of ether oxygens (including phenoxy) is 1. The number of rotatable bonds is 8. The normalized spacial score (nSPS) is 13.0. The summed E-state index contributed by atoms with van der Waals surface area (Å²) < 4.78 is 11.3. The quantitative estimate of drug-likeness (QED) is 0.456. The van der Waals surface area contributed by atoms with Crippen molar-refractivity contribution in [2.24, 2.45) is 0 Å². The molecule has 1 aromatic heterocycles. The maximum Gasteiger partial charge on any atom is 0.277 e. The summed E-state index contributed by atoms with van der Waals surface area (Å²) in [6.45, 7) is 3.70. The van der Waals surface area contributed by atoms with Gasteiger partial charge in [-0.15, -0.1) is 10.2 Å². The standard InChI is InChI=1S/C20H19Cl2N3O3S/c1-12(14-6-4-3-5-7-14)23-18(26)11-29-20-25-24-19(28-20)13(2)27-17-9-8-15(21)10-16(17)22/h3-10,12-13H,11H2,1-2H3,(H,23,26)/t12-,13-/m1/s1. The molecule has 1 N–H and O–H groups in total. The Bertz CT molecular complexity index is 969. The van der Waals surface area contributed by atoms with Crippen LogP contribution in [0.25, 0.3) is 0 Å². The minimum absolute atomic E-state index is 0.0832. The number of thioether (sulfide) groups is 1. The second-order valence-corrected chi connectivity index (χ2v) is 8.00. The van der Waals surface area contributed by atoms with E-state index in [9.17, 15) is 4.79 Å². The van der Waals surface area contributed by atoms with E-state index in [1.54, 1.807) is 25.1 Å². The highest BCUT2D eigenvalue weighted by Crippen LogP contribution is 2.31.